The molecule has 104 valence electrons. The fourth-order valence-corrected chi connectivity index (χ4v) is 3.26. The summed E-state index contributed by atoms with van der Waals surface area (Å²) in [5, 5.41) is 20.3. The Hall–Kier alpha value is -1.35. The average molecular weight is 334 g/mol. The Morgan fingerprint density at radius 3 is 2.25 bits per heavy atom. The molecular weight excluding hydrogens is 327 g/mol. The Bertz CT molecular complexity index is 609. The molecule has 0 heterocycles. The van der Waals surface area contributed by atoms with Gasteiger partial charge in [-0.1, -0.05) is 65.1 Å². The van der Waals surface area contributed by atoms with Crippen LogP contribution in [0.25, 0.3) is 0 Å². The van der Waals surface area contributed by atoms with Gasteiger partial charge >= 0.3 is 0 Å². The molecule has 1 aromatic carbocycles. The fraction of sp³-hybridized carbons (Fsp3) is 0.333. The summed E-state index contributed by atoms with van der Waals surface area (Å²) < 4.78 is -2.06. The number of benzene rings is 1. The number of nitriles is 1. The zero-order valence-electron chi connectivity index (χ0n) is 9.79. The number of hydrogen-bond acceptors (Lipinski definition) is 4. The third-order valence-corrected chi connectivity index (χ3v) is 4.05. The molecule has 0 aromatic heterocycles. The van der Waals surface area contributed by atoms with Crippen LogP contribution in [0.15, 0.2) is 30.3 Å². The highest BCUT2D eigenvalue weighted by Gasteiger charge is 2.84. The smallest absolute Gasteiger partial charge is 0.248 e. The van der Waals surface area contributed by atoms with Gasteiger partial charge in [0.2, 0.25) is 15.2 Å². The number of alkyl halides is 3. The number of carbonyl (C=O) groups excluding carboxylic acids is 1. The van der Waals surface area contributed by atoms with Gasteiger partial charge in [0.25, 0.3) is 0 Å². The van der Waals surface area contributed by atoms with E-state index in [-0.39, 0.29) is 5.56 Å². The maximum Gasteiger partial charge on any atom is 0.248 e. The first kappa shape index (κ1) is 15.0. The van der Waals surface area contributed by atoms with Crippen molar-refractivity contribution in [3.05, 3.63) is 46.0 Å². The molecule has 0 bridgehead atoms. The van der Waals surface area contributed by atoms with Crippen LogP contribution in [0.1, 0.15) is 10.4 Å². The third-order valence-electron chi connectivity index (χ3n) is 3.34. The molecule has 1 aliphatic rings. The van der Waals surface area contributed by atoms with Gasteiger partial charge in [0.1, 0.15) is 5.92 Å². The van der Waals surface area contributed by atoms with Crippen LogP contribution in [0.5, 0.6) is 0 Å². The van der Waals surface area contributed by atoms with E-state index in [1.54, 1.807) is 24.3 Å². The highest BCUT2D eigenvalue weighted by Crippen LogP contribution is 2.64. The molecule has 0 saturated heterocycles. The van der Waals surface area contributed by atoms with Gasteiger partial charge in [-0.25, -0.2) is 0 Å². The molecule has 1 saturated carbocycles. The summed E-state index contributed by atoms with van der Waals surface area (Å²) >= 11 is 17.1. The Kier molecular flexibility index (Phi) is 3.67. The number of halogens is 3. The number of carbonyl (C=O) groups is 1. The maximum atomic E-state index is 12.4. The zero-order chi connectivity index (χ0) is 15.1. The van der Waals surface area contributed by atoms with Crippen molar-refractivity contribution in [2.75, 3.05) is 0 Å². The Morgan fingerprint density at radius 1 is 1.35 bits per heavy atom. The lowest BCUT2D eigenvalue weighted by Crippen LogP contribution is -2.23. The number of nitrogens with zero attached hydrogens (tertiary/aromatic N) is 2. The van der Waals surface area contributed by atoms with E-state index in [1.165, 1.54) is 12.1 Å². The minimum absolute atomic E-state index is 0.178. The Labute approximate surface area is 129 Å². The Balaban J connectivity index is 2.48. The van der Waals surface area contributed by atoms with E-state index in [0.29, 0.717) is 0 Å². The van der Waals surface area contributed by atoms with Crippen LogP contribution in [0.3, 0.4) is 0 Å². The number of ketones is 1. The fourth-order valence-electron chi connectivity index (χ4n) is 2.39. The highest BCUT2D eigenvalue weighted by atomic mass is 35.6. The summed E-state index contributed by atoms with van der Waals surface area (Å²) in [7, 11) is 0. The minimum Gasteiger partial charge on any atom is -0.292 e. The summed E-state index contributed by atoms with van der Waals surface area (Å²) in [6.07, 6.45) is 0. The van der Waals surface area contributed by atoms with Crippen molar-refractivity contribution >= 4 is 40.6 Å². The second-order valence-corrected chi connectivity index (χ2v) is 6.79. The van der Waals surface area contributed by atoms with Crippen molar-refractivity contribution in [1.82, 2.24) is 0 Å². The van der Waals surface area contributed by atoms with Crippen molar-refractivity contribution in [3.63, 3.8) is 0 Å². The molecule has 2 rings (SSSR count). The Morgan fingerprint density at radius 2 is 1.90 bits per heavy atom. The quantitative estimate of drug-likeness (QED) is 0.368. The van der Waals surface area contributed by atoms with Crippen molar-refractivity contribution in [2.45, 2.75) is 9.83 Å². The van der Waals surface area contributed by atoms with Crippen LogP contribution < -0.4 is 0 Å². The molecular formula is C12H7Cl3N2O3. The predicted octanol–water partition coefficient (Wildman–Crippen LogP) is 3.02. The van der Waals surface area contributed by atoms with Gasteiger partial charge in [0.05, 0.1) is 6.07 Å². The SMILES string of the molecule is N#CC1(C(=O)c2ccccc2)[C@H]([N+](=O)[O-])[C@H]1C(Cl)(Cl)Cl. The number of rotatable bonds is 3. The molecule has 0 amide bonds. The topological polar surface area (TPSA) is 84.0 Å². The molecule has 0 spiro atoms. The lowest BCUT2D eigenvalue weighted by Gasteiger charge is -2.10. The molecule has 0 N–H and O–H groups in total. The minimum atomic E-state index is -2.06. The molecule has 1 unspecified atom stereocenters. The second kappa shape index (κ2) is 4.88. The summed E-state index contributed by atoms with van der Waals surface area (Å²) in [5.74, 6) is -1.97. The molecule has 1 aromatic rings. The maximum absolute atomic E-state index is 12.4. The molecule has 1 fully saturated rings. The average Bonchev–Trinajstić information content (AvgIpc) is 3.10. The van der Waals surface area contributed by atoms with Crippen LogP contribution in [0, 0.1) is 32.8 Å². The molecule has 5 nitrogen and oxygen atoms in total. The predicted molar refractivity (Wildman–Crippen MR) is 73.4 cm³/mol. The van der Waals surface area contributed by atoms with Crippen molar-refractivity contribution in [3.8, 4) is 6.07 Å². The lowest BCUT2D eigenvalue weighted by molar-refractivity contribution is -0.502. The summed E-state index contributed by atoms with van der Waals surface area (Å²) in [5.41, 5.74) is -1.76. The van der Waals surface area contributed by atoms with Gasteiger partial charge in [-0.15, -0.1) is 0 Å². The molecule has 0 radical (unpaired) electrons. The normalized spacial score (nSPS) is 28.5. The van der Waals surface area contributed by atoms with Crippen molar-refractivity contribution in [1.29, 1.82) is 5.26 Å². The van der Waals surface area contributed by atoms with Crippen LogP contribution in [0.2, 0.25) is 0 Å². The summed E-state index contributed by atoms with van der Waals surface area (Å²) in [4.78, 5) is 22.7. The van der Waals surface area contributed by atoms with E-state index in [9.17, 15) is 20.2 Å². The van der Waals surface area contributed by atoms with E-state index < -0.39 is 31.9 Å². The van der Waals surface area contributed by atoms with Gasteiger partial charge in [0, 0.05) is 10.5 Å². The van der Waals surface area contributed by atoms with Crippen molar-refractivity contribution < 1.29 is 9.72 Å². The van der Waals surface area contributed by atoms with E-state index in [0.717, 1.165) is 0 Å². The third kappa shape index (κ3) is 2.14. The first-order chi connectivity index (χ1) is 9.26. The summed E-state index contributed by atoms with van der Waals surface area (Å²) in [6.45, 7) is 0. The van der Waals surface area contributed by atoms with E-state index >= 15 is 0 Å². The number of hydrogen-bond donors (Lipinski definition) is 0. The molecule has 20 heavy (non-hydrogen) atoms. The van der Waals surface area contributed by atoms with Crippen LogP contribution in [0.4, 0.5) is 0 Å². The second-order valence-electron chi connectivity index (χ2n) is 4.43. The van der Waals surface area contributed by atoms with Crippen LogP contribution in [-0.2, 0) is 0 Å². The zero-order valence-corrected chi connectivity index (χ0v) is 12.1. The van der Waals surface area contributed by atoms with Crippen LogP contribution in [-0.4, -0.2) is 20.5 Å². The van der Waals surface area contributed by atoms with Gasteiger partial charge in [-0.3, -0.25) is 14.9 Å². The summed E-state index contributed by atoms with van der Waals surface area (Å²) in [6, 6.07) is 7.96. The van der Waals surface area contributed by atoms with E-state index in [2.05, 4.69) is 0 Å². The molecule has 8 heteroatoms. The number of Topliss-reactive ketones (excluding diaryl/α,β-unsaturated/α-hetero) is 1. The first-order valence-electron chi connectivity index (χ1n) is 5.48. The van der Waals surface area contributed by atoms with Gasteiger partial charge < -0.3 is 0 Å². The largest absolute Gasteiger partial charge is 0.292 e. The molecule has 3 atom stereocenters. The lowest BCUT2D eigenvalue weighted by atomic mass is 9.93. The standard InChI is InChI=1S/C12H7Cl3N2O3/c13-12(14,15)8-9(17(19)20)11(8,6-16)10(18)7-4-2-1-3-5-7/h1-5,8-9H/t8-,9-,11?/m1/s1. The van der Waals surface area contributed by atoms with Crippen molar-refractivity contribution in [2.24, 2.45) is 11.3 Å². The monoisotopic (exact) mass is 332 g/mol. The van der Waals surface area contributed by atoms with Crippen LogP contribution >= 0.6 is 34.8 Å². The van der Waals surface area contributed by atoms with E-state index in [1.807, 2.05) is 0 Å². The number of nitro groups is 1. The van der Waals surface area contributed by atoms with Gasteiger partial charge in [0.15, 0.2) is 5.78 Å². The van der Waals surface area contributed by atoms with Gasteiger partial charge in [-0.05, 0) is 0 Å². The highest BCUT2D eigenvalue weighted by molar-refractivity contribution is 6.68. The molecule has 0 aliphatic heterocycles. The molecule has 1 aliphatic carbocycles. The van der Waals surface area contributed by atoms with Gasteiger partial charge in [-0.2, -0.15) is 5.26 Å². The van der Waals surface area contributed by atoms with E-state index in [4.69, 9.17) is 34.8 Å². The first-order valence-corrected chi connectivity index (χ1v) is 6.61.